The molecule has 25 heavy (non-hydrogen) atoms. The summed E-state index contributed by atoms with van der Waals surface area (Å²) in [5, 5.41) is 8.61. The third-order valence-corrected chi connectivity index (χ3v) is 3.56. The number of halogens is 3. The van der Waals surface area contributed by atoms with Crippen molar-refractivity contribution in [3.05, 3.63) is 17.5 Å². The summed E-state index contributed by atoms with van der Waals surface area (Å²) >= 11 is 0. The molecule has 0 bridgehead atoms. The number of hydrogen-bond acceptors (Lipinski definition) is 4. The second kappa shape index (κ2) is 7.11. The molecule has 2 heterocycles. The lowest BCUT2D eigenvalue weighted by molar-refractivity contribution is -0.144. The molecule has 1 saturated heterocycles. The van der Waals surface area contributed by atoms with Crippen LogP contribution in [0.4, 0.5) is 18.0 Å². The van der Waals surface area contributed by atoms with Crippen molar-refractivity contribution >= 4 is 17.8 Å². The maximum absolute atomic E-state index is 12.9. The van der Waals surface area contributed by atoms with Gasteiger partial charge in [-0.25, -0.2) is 4.79 Å². The van der Waals surface area contributed by atoms with Crippen LogP contribution >= 0.6 is 0 Å². The number of carbonyl (C=O) groups excluding carboxylic acids is 3. The van der Waals surface area contributed by atoms with Gasteiger partial charge >= 0.3 is 12.2 Å². The molecule has 0 spiro atoms. The van der Waals surface area contributed by atoms with E-state index in [1.54, 1.807) is 6.92 Å². The molecule has 4 amide bonds. The highest BCUT2D eigenvalue weighted by atomic mass is 19.4. The van der Waals surface area contributed by atoms with Gasteiger partial charge in [-0.15, -0.1) is 0 Å². The summed E-state index contributed by atoms with van der Waals surface area (Å²) in [4.78, 5) is 35.3. The number of aromatic nitrogens is 2. The number of amides is 4. The van der Waals surface area contributed by atoms with Gasteiger partial charge in [0, 0.05) is 13.1 Å². The van der Waals surface area contributed by atoms with E-state index in [-0.39, 0.29) is 31.2 Å². The lowest BCUT2D eigenvalue weighted by atomic mass is 10.2. The zero-order valence-electron chi connectivity index (χ0n) is 13.7. The van der Waals surface area contributed by atoms with Crippen LogP contribution in [0.1, 0.15) is 18.3 Å². The van der Waals surface area contributed by atoms with E-state index in [1.807, 2.05) is 0 Å². The SMILES string of the molecule is Cc1cc(C(F)(F)F)n(C[C@H](C)CNC(=O)CN2C(=O)CNC2=O)n1. The molecule has 1 aromatic heterocycles. The van der Waals surface area contributed by atoms with Gasteiger partial charge in [0.15, 0.2) is 0 Å². The van der Waals surface area contributed by atoms with E-state index in [0.717, 1.165) is 15.6 Å². The minimum Gasteiger partial charge on any atom is -0.354 e. The number of urea groups is 1. The number of nitrogens with one attached hydrogen (secondary N) is 2. The molecule has 1 aliphatic heterocycles. The van der Waals surface area contributed by atoms with Gasteiger partial charge < -0.3 is 10.6 Å². The first-order valence-corrected chi connectivity index (χ1v) is 7.54. The monoisotopic (exact) mass is 361 g/mol. The minimum atomic E-state index is -4.51. The van der Waals surface area contributed by atoms with Crippen LogP contribution in [0.3, 0.4) is 0 Å². The van der Waals surface area contributed by atoms with Gasteiger partial charge in [-0.2, -0.15) is 18.3 Å². The van der Waals surface area contributed by atoms with Gasteiger partial charge in [0.2, 0.25) is 5.91 Å². The molecule has 0 unspecified atom stereocenters. The first-order valence-electron chi connectivity index (χ1n) is 7.54. The summed E-state index contributed by atoms with van der Waals surface area (Å²) < 4.78 is 39.6. The molecular weight excluding hydrogens is 343 g/mol. The Labute approximate surface area is 141 Å². The summed E-state index contributed by atoms with van der Waals surface area (Å²) in [6, 6.07) is 0.318. The Morgan fingerprint density at radius 3 is 2.68 bits per heavy atom. The Morgan fingerprint density at radius 2 is 2.12 bits per heavy atom. The fraction of sp³-hybridized carbons (Fsp3) is 0.571. The third-order valence-electron chi connectivity index (χ3n) is 3.56. The average molecular weight is 361 g/mol. The second-order valence-electron chi connectivity index (χ2n) is 5.90. The normalized spacial score (nSPS) is 16.1. The zero-order chi connectivity index (χ0) is 18.8. The first-order chi connectivity index (χ1) is 11.6. The van der Waals surface area contributed by atoms with Crippen LogP contribution in [0.25, 0.3) is 0 Å². The Bertz CT molecular complexity index is 670. The Morgan fingerprint density at radius 1 is 1.44 bits per heavy atom. The predicted octanol–water partition coefficient (Wildman–Crippen LogP) is 0.514. The lowest BCUT2D eigenvalue weighted by Crippen LogP contribution is -2.42. The highest BCUT2D eigenvalue weighted by Crippen LogP contribution is 2.30. The smallest absolute Gasteiger partial charge is 0.354 e. The van der Waals surface area contributed by atoms with E-state index in [0.29, 0.717) is 0 Å². The molecule has 0 aromatic carbocycles. The van der Waals surface area contributed by atoms with Gasteiger partial charge in [-0.3, -0.25) is 19.2 Å². The van der Waals surface area contributed by atoms with Crippen molar-refractivity contribution in [3.63, 3.8) is 0 Å². The highest BCUT2D eigenvalue weighted by molar-refractivity contribution is 6.04. The number of aryl methyl sites for hydroxylation is 1. The van der Waals surface area contributed by atoms with E-state index in [9.17, 15) is 27.6 Å². The summed E-state index contributed by atoms with van der Waals surface area (Å²) in [5.41, 5.74) is -0.593. The number of hydrogen-bond donors (Lipinski definition) is 2. The molecule has 0 aliphatic carbocycles. The number of rotatable bonds is 6. The first kappa shape index (κ1) is 18.7. The largest absolute Gasteiger partial charge is 0.433 e. The van der Waals surface area contributed by atoms with Crippen molar-refractivity contribution in [3.8, 4) is 0 Å². The Balaban J connectivity index is 1.87. The van der Waals surface area contributed by atoms with E-state index in [4.69, 9.17) is 0 Å². The predicted molar refractivity (Wildman–Crippen MR) is 79.3 cm³/mol. The molecule has 1 atom stereocenters. The van der Waals surface area contributed by atoms with Crippen LogP contribution in [0.15, 0.2) is 6.07 Å². The van der Waals surface area contributed by atoms with E-state index in [1.165, 1.54) is 6.92 Å². The molecule has 138 valence electrons. The van der Waals surface area contributed by atoms with Gasteiger partial charge in [0.25, 0.3) is 5.91 Å². The van der Waals surface area contributed by atoms with Crippen molar-refractivity contribution in [2.24, 2.45) is 5.92 Å². The fourth-order valence-corrected chi connectivity index (χ4v) is 2.38. The molecule has 8 nitrogen and oxygen atoms in total. The van der Waals surface area contributed by atoms with Crippen LogP contribution in [0.2, 0.25) is 0 Å². The highest BCUT2D eigenvalue weighted by Gasteiger charge is 2.35. The summed E-state index contributed by atoms with van der Waals surface area (Å²) in [7, 11) is 0. The van der Waals surface area contributed by atoms with Gasteiger partial charge in [-0.1, -0.05) is 6.92 Å². The Kier molecular flexibility index (Phi) is 5.33. The molecule has 0 saturated carbocycles. The summed E-state index contributed by atoms with van der Waals surface area (Å²) in [5.74, 6) is -1.41. The van der Waals surface area contributed by atoms with Crippen LogP contribution in [0.5, 0.6) is 0 Å². The third kappa shape index (κ3) is 4.70. The molecule has 2 N–H and O–H groups in total. The average Bonchev–Trinajstić information content (AvgIpc) is 3.02. The number of carbonyl (C=O) groups is 3. The molecule has 11 heteroatoms. The molecule has 0 radical (unpaired) electrons. The van der Waals surface area contributed by atoms with Crippen LogP contribution in [0, 0.1) is 12.8 Å². The maximum Gasteiger partial charge on any atom is 0.433 e. The standard InChI is InChI=1S/C14H18F3N5O3/c1-8(6-22-10(14(15,16)17)3-9(2)20-22)4-18-11(23)7-21-12(24)5-19-13(21)25/h3,8H,4-7H2,1-2H3,(H,18,23)(H,19,25)/t8-/m1/s1. The van der Waals surface area contributed by atoms with Gasteiger partial charge in [0.1, 0.15) is 12.2 Å². The fourth-order valence-electron chi connectivity index (χ4n) is 2.38. The maximum atomic E-state index is 12.9. The number of imide groups is 1. The van der Waals surface area contributed by atoms with Gasteiger partial charge in [0.05, 0.1) is 12.2 Å². The molecule has 1 aliphatic rings. The van der Waals surface area contributed by atoms with Gasteiger partial charge in [-0.05, 0) is 18.9 Å². The molecular formula is C14H18F3N5O3. The molecule has 1 aromatic rings. The summed E-state index contributed by atoms with van der Waals surface area (Å²) in [6.45, 7) is 2.60. The van der Waals surface area contributed by atoms with Crippen molar-refractivity contribution in [2.45, 2.75) is 26.6 Å². The minimum absolute atomic E-state index is 0.0356. The molecule has 1 fully saturated rings. The number of alkyl halides is 3. The Hall–Kier alpha value is -2.59. The van der Waals surface area contributed by atoms with E-state index < -0.39 is 36.3 Å². The molecule has 2 rings (SSSR count). The van der Waals surface area contributed by atoms with Crippen molar-refractivity contribution in [2.75, 3.05) is 19.6 Å². The number of nitrogens with zero attached hydrogens (tertiary/aromatic N) is 3. The van der Waals surface area contributed by atoms with E-state index >= 15 is 0 Å². The lowest BCUT2D eigenvalue weighted by Gasteiger charge is -2.17. The summed E-state index contributed by atoms with van der Waals surface area (Å²) in [6.07, 6.45) is -4.51. The van der Waals surface area contributed by atoms with Crippen molar-refractivity contribution < 1.29 is 27.6 Å². The topological polar surface area (TPSA) is 96.3 Å². The van der Waals surface area contributed by atoms with Crippen molar-refractivity contribution in [1.29, 1.82) is 0 Å². The zero-order valence-corrected chi connectivity index (χ0v) is 13.7. The van der Waals surface area contributed by atoms with Crippen LogP contribution < -0.4 is 10.6 Å². The van der Waals surface area contributed by atoms with Crippen LogP contribution in [-0.4, -0.2) is 52.2 Å². The van der Waals surface area contributed by atoms with Crippen molar-refractivity contribution in [1.82, 2.24) is 25.3 Å². The van der Waals surface area contributed by atoms with E-state index in [2.05, 4.69) is 15.7 Å². The quantitative estimate of drug-likeness (QED) is 0.722. The van der Waals surface area contributed by atoms with Crippen LogP contribution in [-0.2, 0) is 22.3 Å². The second-order valence-corrected chi connectivity index (χ2v) is 5.90.